The number of carbonyl (C=O) groups is 4. The van der Waals surface area contributed by atoms with Crippen molar-refractivity contribution in [1.29, 1.82) is 0 Å². The minimum Gasteiger partial charge on any atom is -0.462 e. The zero-order valence-electron chi connectivity index (χ0n) is 65.1. The lowest BCUT2D eigenvalue weighted by atomic mass is 9.99. The van der Waals surface area contributed by atoms with Crippen LogP contribution in [-0.4, -0.2) is 96.7 Å². The van der Waals surface area contributed by atoms with Gasteiger partial charge in [0.05, 0.1) is 26.4 Å². The van der Waals surface area contributed by atoms with Crippen LogP contribution in [-0.2, 0) is 65.4 Å². The molecule has 0 radical (unpaired) electrons. The van der Waals surface area contributed by atoms with Gasteiger partial charge in [-0.2, -0.15) is 0 Å². The minimum atomic E-state index is -4.96. The lowest BCUT2D eigenvalue weighted by molar-refractivity contribution is -0.161. The molecular weight excluding hydrogens is 1290 g/mol. The summed E-state index contributed by atoms with van der Waals surface area (Å²) < 4.78 is 68.7. The molecule has 3 unspecified atom stereocenters. The number of phosphoric acid groups is 2. The topological polar surface area (TPSA) is 237 Å². The Labute approximate surface area is 607 Å². The van der Waals surface area contributed by atoms with Gasteiger partial charge in [0.1, 0.15) is 19.3 Å². The molecule has 0 bridgehead atoms. The van der Waals surface area contributed by atoms with Gasteiger partial charge in [-0.15, -0.1) is 0 Å². The molecule has 0 aliphatic heterocycles. The first-order valence-corrected chi connectivity index (χ1v) is 44.2. The van der Waals surface area contributed by atoms with E-state index in [0.29, 0.717) is 25.7 Å². The summed E-state index contributed by atoms with van der Waals surface area (Å²) in [7, 11) is -9.92. The highest BCUT2D eigenvalue weighted by molar-refractivity contribution is 7.47. The number of phosphoric ester groups is 2. The van der Waals surface area contributed by atoms with E-state index < -0.39 is 97.5 Å². The number of ether oxygens (including phenoxy) is 4. The molecule has 19 heteroatoms. The molecule has 0 saturated carbocycles. The number of aliphatic hydroxyl groups is 1. The lowest BCUT2D eigenvalue weighted by Gasteiger charge is -2.21. The molecule has 0 aromatic carbocycles. The molecule has 6 atom stereocenters. The van der Waals surface area contributed by atoms with Crippen molar-refractivity contribution in [1.82, 2.24) is 0 Å². The fourth-order valence-corrected chi connectivity index (χ4v) is 13.8. The van der Waals surface area contributed by atoms with Crippen molar-refractivity contribution in [3.63, 3.8) is 0 Å². The molecule has 0 aliphatic carbocycles. The molecule has 0 aromatic heterocycles. The molecule has 588 valence electrons. The predicted octanol–water partition coefficient (Wildman–Crippen LogP) is 23.6. The van der Waals surface area contributed by atoms with E-state index in [1.54, 1.807) is 0 Å². The molecule has 99 heavy (non-hydrogen) atoms. The van der Waals surface area contributed by atoms with Crippen LogP contribution < -0.4 is 0 Å². The molecule has 0 fully saturated rings. The van der Waals surface area contributed by atoms with Crippen molar-refractivity contribution in [2.24, 2.45) is 23.7 Å². The maximum atomic E-state index is 13.1. The third-order valence-corrected chi connectivity index (χ3v) is 20.8. The lowest BCUT2D eigenvalue weighted by Crippen LogP contribution is -2.30. The van der Waals surface area contributed by atoms with Gasteiger partial charge in [0, 0.05) is 25.7 Å². The van der Waals surface area contributed by atoms with Crippen LogP contribution in [0, 0.1) is 23.7 Å². The zero-order valence-corrected chi connectivity index (χ0v) is 66.9. The molecule has 0 aliphatic rings. The smallest absolute Gasteiger partial charge is 0.462 e. The fourth-order valence-electron chi connectivity index (χ4n) is 12.2. The standard InChI is InChI=1S/C80H156O17P2/c1-9-73(8)59-51-43-35-26-22-23-29-39-47-55-63-80(85)97-76(67-91-78(83)61-53-45-37-31-30-34-42-50-58-72(6)7)69-95-99(88,89)93-65-74(81)64-92-98(86,87)94-68-75(66-90-77(82)60-52-44-36-27-20-17-13-15-19-25-33-41-49-57-71(4)5)96-79(84)62-54-46-38-28-21-16-12-10-11-14-18-24-32-40-48-56-70(2)3/h70-76,81H,9-69H2,1-8H3,(H,86,87)(H,88,89)/t73?,74-,75-,76-/m1/s1. The minimum absolute atomic E-state index is 0.105. The van der Waals surface area contributed by atoms with E-state index >= 15 is 0 Å². The first kappa shape index (κ1) is 97.1. The summed E-state index contributed by atoms with van der Waals surface area (Å²) in [6.45, 7) is 14.3. The summed E-state index contributed by atoms with van der Waals surface area (Å²) in [4.78, 5) is 73.0. The molecule has 3 N–H and O–H groups in total. The molecule has 0 amide bonds. The Morgan fingerprint density at radius 2 is 0.485 bits per heavy atom. The Kier molecular flexibility index (Phi) is 67.8. The molecule has 0 saturated heterocycles. The predicted molar refractivity (Wildman–Crippen MR) is 404 cm³/mol. The Morgan fingerprint density at radius 3 is 0.717 bits per heavy atom. The number of hydrogen-bond acceptors (Lipinski definition) is 15. The first-order chi connectivity index (χ1) is 47.6. The van der Waals surface area contributed by atoms with Gasteiger partial charge in [0.2, 0.25) is 0 Å². The molecule has 0 rings (SSSR count). The van der Waals surface area contributed by atoms with Gasteiger partial charge >= 0.3 is 39.5 Å². The fraction of sp³-hybridized carbons (Fsp3) is 0.950. The van der Waals surface area contributed by atoms with Gasteiger partial charge in [-0.3, -0.25) is 37.3 Å². The molecular formula is C80H156O17P2. The molecule has 0 heterocycles. The number of aliphatic hydroxyl groups excluding tert-OH is 1. The quantitative estimate of drug-likeness (QED) is 0.0222. The van der Waals surface area contributed by atoms with E-state index in [2.05, 4.69) is 55.4 Å². The highest BCUT2D eigenvalue weighted by Crippen LogP contribution is 2.45. The summed E-state index contributed by atoms with van der Waals surface area (Å²) >= 11 is 0. The van der Waals surface area contributed by atoms with Crippen molar-refractivity contribution in [3.8, 4) is 0 Å². The number of hydrogen-bond donors (Lipinski definition) is 3. The Bertz CT molecular complexity index is 1940. The number of unbranched alkanes of at least 4 members (excludes halogenated alkanes) is 42. The van der Waals surface area contributed by atoms with E-state index in [1.165, 1.54) is 212 Å². The van der Waals surface area contributed by atoms with E-state index in [1.807, 2.05) is 0 Å². The van der Waals surface area contributed by atoms with Crippen LogP contribution in [0.5, 0.6) is 0 Å². The van der Waals surface area contributed by atoms with Gasteiger partial charge in [-0.25, -0.2) is 9.13 Å². The van der Waals surface area contributed by atoms with Crippen molar-refractivity contribution >= 4 is 39.5 Å². The zero-order chi connectivity index (χ0) is 73.1. The Balaban J connectivity index is 5.27. The van der Waals surface area contributed by atoms with E-state index in [-0.39, 0.29) is 25.7 Å². The van der Waals surface area contributed by atoms with Gasteiger partial charge < -0.3 is 33.8 Å². The second kappa shape index (κ2) is 69.1. The summed E-state index contributed by atoms with van der Waals surface area (Å²) in [5.74, 6) is 1.01. The average Bonchev–Trinajstić information content (AvgIpc) is 0.960. The van der Waals surface area contributed by atoms with E-state index in [4.69, 9.17) is 37.0 Å². The van der Waals surface area contributed by atoms with Gasteiger partial charge in [-0.1, -0.05) is 357 Å². The van der Waals surface area contributed by atoms with Crippen LogP contribution in [0.1, 0.15) is 409 Å². The monoisotopic (exact) mass is 1450 g/mol. The molecule has 0 aromatic rings. The van der Waals surface area contributed by atoms with Gasteiger partial charge in [-0.05, 0) is 49.4 Å². The summed E-state index contributed by atoms with van der Waals surface area (Å²) in [6, 6.07) is 0. The normalized spacial score (nSPS) is 14.3. The Hall–Kier alpha value is -1.94. The summed E-state index contributed by atoms with van der Waals surface area (Å²) in [5.41, 5.74) is 0. The number of rotatable bonds is 77. The van der Waals surface area contributed by atoms with Crippen LogP contribution >= 0.6 is 15.6 Å². The average molecular weight is 1450 g/mol. The number of carbonyl (C=O) groups excluding carboxylic acids is 4. The number of esters is 4. The van der Waals surface area contributed by atoms with Crippen molar-refractivity contribution in [2.75, 3.05) is 39.6 Å². The third kappa shape index (κ3) is 72.8. The molecule has 0 spiro atoms. The first-order valence-electron chi connectivity index (χ1n) is 41.2. The molecule has 17 nitrogen and oxygen atoms in total. The third-order valence-electron chi connectivity index (χ3n) is 18.9. The second-order valence-corrected chi connectivity index (χ2v) is 33.4. The van der Waals surface area contributed by atoms with Crippen molar-refractivity contribution in [2.45, 2.75) is 427 Å². The highest BCUT2D eigenvalue weighted by atomic mass is 31.2. The van der Waals surface area contributed by atoms with Crippen LogP contribution in [0.3, 0.4) is 0 Å². The maximum Gasteiger partial charge on any atom is 0.472 e. The summed E-state index contributed by atoms with van der Waals surface area (Å²) in [5, 5.41) is 10.6. The van der Waals surface area contributed by atoms with Crippen LogP contribution in [0.2, 0.25) is 0 Å². The van der Waals surface area contributed by atoms with Crippen molar-refractivity contribution < 1.29 is 80.2 Å². The van der Waals surface area contributed by atoms with E-state index in [9.17, 15) is 43.2 Å². The van der Waals surface area contributed by atoms with Crippen molar-refractivity contribution in [3.05, 3.63) is 0 Å². The van der Waals surface area contributed by atoms with Gasteiger partial charge in [0.25, 0.3) is 0 Å². The largest absolute Gasteiger partial charge is 0.472 e. The van der Waals surface area contributed by atoms with Crippen LogP contribution in [0.25, 0.3) is 0 Å². The van der Waals surface area contributed by atoms with Crippen LogP contribution in [0.15, 0.2) is 0 Å². The maximum absolute atomic E-state index is 13.1. The van der Waals surface area contributed by atoms with E-state index in [0.717, 1.165) is 114 Å². The second-order valence-electron chi connectivity index (χ2n) is 30.5. The SMILES string of the molecule is CCC(C)CCCCCCCCCCCCC(=O)O[C@H](COC(=O)CCCCCCCCCCC(C)C)COP(=O)(O)OC[C@H](O)COP(=O)(O)OC[C@@H](COC(=O)CCCCCCCCCCCCCCCC(C)C)OC(=O)CCCCCCCCCCCCCCCCCC(C)C. The van der Waals surface area contributed by atoms with Crippen LogP contribution in [0.4, 0.5) is 0 Å². The summed E-state index contributed by atoms with van der Waals surface area (Å²) in [6.07, 6.45) is 55.4. The van der Waals surface area contributed by atoms with Gasteiger partial charge in [0.15, 0.2) is 12.2 Å². The highest BCUT2D eigenvalue weighted by Gasteiger charge is 2.30. The Morgan fingerprint density at radius 1 is 0.283 bits per heavy atom.